The minimum Gasteiger partial charge on any atom is -0.316 e. The van der Waals surface area contributed by atoms with Crippen molar-refractivity contribution in [2.24, 2.45) is 0 Å². The van der Waals surface area contributed by atoms with E-state index in [0.717, 1.165) is 17.6 Å². The van der Waals surface area contributed by atoms with Crippen molar-refractivity contribution >= 4 is 10.0 Å². The van der Waals surface area contributed by atoms with Crippen LogP contribution in [0, 0.1) is 0 Å². The van der Waals surface area contributed by atoms with Crippen molar-refractivity contribution in [3.05, 3.63) is 41.5 Å². The first kappa shape index (κ1) is 14.2. The summed E-state index contributed by atoms with van der Waals surface area (Å²) in [7, 11) is -1.52. The highest BCUT2D eigenvalue weighted by Crippen LogP contribution is 2.21. The molecule has 0 aliphatic carbocycles. The highest BCUT2D eigenvalue weighted by molar-refractivity contribution is 7.89. The first-order chi connectivity index (χ1) is 9.04. The summed E-state index contributed by atoms with van der Waals surface area (Å²) in [5.41, 5.74) is 2.09. The van der Waals surface area contributed by atoms with E-state index in [1.54, 1.807) is 22.5 Å². The lowest BCUT2D eigenvalue weighted by atomic mass is 10.2. The van der Waals surface area contributed by atoms with Crippen molar-refractivity contribution in [2.45, 2.75) is 24.8 Å². The molecule has 0 fully saturated rings. The maximum absolute atomic E-state index is 12.6. The van der Waals surface area contributed by atoms with Gasteiger partial charge in [0.2, 0.25) is 10.0 Å². The molecular formula is C14H20N2O2S. The maximum Gasteiger partial charge on any atom is 0.243 e. The van der Waals surface area contributed by atoms with Crippen molar-refractivity contribution < 1.29 is 8.42 Å². The fourth-order valence-electron chi connectivity index (χ4n) is 2.25. The van der Waals surface area contributed by atoms with Gasteiger partial charge in [0.05, 0.1) is 4.90 Å². The Kier molecular flexibility index (Phi) is 4.39. The molecule has 1 aromatic rings. The van der Waals surface area contributed by atoms with Crippen LogP contribution in [0.1, 0.15) is 18.9 Å². The molecule has 2 rings (SSSR count). The van der Waals surface area contributed by atoms with Crippen LogP contribution < -0.4 is 5.32 Å². The minimum absolute atomic E-state index is 0.384. The fraction of sp³-hybridized carbons (Fsp3) is 0.429. The van der Waals surface area contributed by atoms with Gasteiger partial charge < -0.3 is 5.32 Å². The second-order valence-corrected chi connectivity index (χ2v) is 6.79. The van der Waals surface area contributed by atoms with Gasteiger partial charge in [0.15, 0.2) is 0 Å². The molecule has 0 atom stereocenters. The Morgan fingerprint density at radius 3 is 2.84 bits per heavy atom. The van der Waals surface area contributed by atoms with E-state index in [4.69, 9.17) is 0 Å². The van der Waals surface area contributed by atoms with Gasteiger partial charge in [-0.15, -0.1) is 0 Å². The molecule has 19 heavy (non-hydrogen) atoms. The van der Waals surface area contributed by atoms with Crippen LogP contribution in [-0.4, -0.2) is 32.9 Å². The molecule has 0 unspecified atom stereocenters. The SMILES string of the molecule is CNCc1cccc(S(=O)(=O)N2CCC=C(C)C2)c1. The first-order valence-electron chi connectivity index (χ1n) is 6.43. The van der Waals surface area contributed by atoms with Gasteiger partial charge in [0.1, 0.15) is 0 Å². The Balaban J connectivity index is 2.29. The highest BCUT2D eigenvalue weighted by Gasteiger charge is 2.25. The molecule has 1 N–H and O–H groups in total. The Bertz CT molecular complexity index is 579. The lowest BCUT2D eigenvalue weighted by molar-refractivity contribution is 0.428. The molecule has 0 bridgehead atoms. The van der Waals surface area contributed by atoms with Crippen LogP contribution in [0.15, 0.2) is 40.8 Å². The average molecular weight is 280 g/mol. The van der Waals surface area contributed by atoms with Gasteiger partial charge in [0.25, 0.3) is 0 Å². The molecule has 0 spiro atoms. The Labute approximate surface area is 115 Å². The summed E-state index contributed by atoms with van der Waals surface area (Å²) in [5, 5.41) is 3.03. The topological polar surface area (TPSA) is 49.4 Å². The third-order valence-electron chi connectivity index (χ3n) is 3.21. The van der Waals surface area contributed by atoms with E-state index in [-0.39, 0.29) is 0 Å². The summed E-state index contributed by atoms with van der Waals surface area (Å²) < 4.78 is 26.7. The van der Waals surface area contributed by atoms with E-state index in [2.05, 4.69) is 11.4 Å². The van der Waals surface area contributed by atoms with Crippen molar-refractivity contribution in [1.29, 1.82) is 0 Å². The zero-order valence-corrected chi connectivity index (χ0v) is 12.2. The molecule has 1 aliphatic heterocycles. The van der Waals surface area contributed by atoms with Gasteiger partial charge in [-0.05, 0) is 38.1 Å². The Morgan fingerprint density at radius 2 is 2.16 bits per heavy atom. The number of nitrogens with one attached hydrogen (secondary N) is 1. The van der Waals surface area contributed by atoms with Crippen LogP contribution in [0.4, 0.5) is 0 Å². The van der Waals surface area contributed by atoms with Gasteiger partial charge in [-0.1, -0.05) is 23.8 Å². The molecular weight excluding hydrogens is 260 g/mol. The van der Waals surface area contributed by atoms with E-state index < -0.39 is 10.0 Å². The van der Waals surface area contributed by atoms with Crippen molar-refractivity contribution in [2.75, 3.05) is 20.1 Å². The zero-order chi connectivity index (χ0) is 13.9. The number of benzene rings is 1. The predicted octanol–water partition coefficient (Wildman–Crippen LogP) is 1.75. The van der Waals surface area contributed by atoms with E-state index in [1.165, 1.54) is 0 Å². The molecule has 1 aromatic carbocycles. The van der Waals surface area contributed by atoms with Gasteiger partial charge >= 0.3 is 0 Å². The largest absolute Gasteiger partial charge is 0.316 e. The second-order valence-electron chi connectivity index (χ2n) is 4.86. The summed E-state index contributed by atoms with van der Waals surface area (Å²) in [5.74, 6) is 0. The first-order valence-corrected chi connectivity index (χ1v) is 7.87. The molecule has 4 nitrogen and oxygen atoms in total. The van der Waals surface area contributed by atoms with Gasteiger partial charge in [-0.2, -0.15) is 4.31 Å². The number of hydrogen-bond acceptors (Lipinski definition) is 3. The Morgan fingerprint density at radius 1 is 1.37 bits per heavy atom. The van der Waals surface area contributed by atoms with Gasteiger partial charge in [-0.25, -0.2) is 8.42 Å². The lowest BCUT2D eigenvalue weighted by Crippen LogP contribution is -2.35. The van der Waals surface area contributed by atoms with Crippen molar-refractivity contribution in [1.82, 2.24) is 9.62 Å². The van der Waals surface area contributed by atoms with E-state index >= 15 is 0 Å². The van der Waals surface area contributed by atoms with E-state index in [9.17, 15) is 8.42 Å². The van der Waals surface area contributed by atoms with Crippen LogP contribution >= 0.6 is 0 Å². The van der Waals surface area contributed by atoms with Crippen LogP contribution in [0.2, 0.25) is 0 Å². The third-order valence-corrected chi connectivity index (χ3v) is 5.06. The second kappa shape index (κ2) is 5.86. The minimum atomic E-state index is -3.37. The predicted molar refractivity (Wildman–Crippen MR) is 76.3 cm³/mol. The normalized spacial score (nSPS) is 17.3. The molecule has 104 valence electrons. The number of nitrogens with zero attached hydrogens (tertiary/aromatic N) is 1. The molecule has 0 saturated carbocycles. The molecule has 0 saturated heterocycles. The van der Waals surface area contributed by atoms with Crippen molar-refractivity contribution in [3.63, 3.8) is 0 Å². The monoisotopic (exact) mass is 280 g/mol. The van der Waals surface area contributed by atoms with Crippen LogP contribution in [0.25, 0.3) is 0 Å². The summed E-state index contributed by atoms with van der Waals surface area (Å²) >= 11 is 0. The maximum atomic E-state index is 12.6. The molecule has 1 aliphatic rings. The molecule has 0 radical (unpaired) electrons. The summed E-state index contributed by atoms with van der Waals surface area (Å²) in [6.07, 6.45) is 2.89. The van der Waals surface area contributed by atoms with Crippen LogP contribution in [0.5, 0.6) is 0 Å². The third kappa shape index (κ3) is 3.23. The molecule has 0 amide bonds. The molecule has 1 heterocycles. The van der Waals surface area contributed by atoms with Crippen LogP contribution in [0.3, 0.4) is 0 Å². The fourth-order valence-corrected chi connectivity index (χ4v) is 3.82. The molecule has 0 aromatic heterocycles. The van der Waals surface area contributed by atoms with E-state index in [0.29, 0.717) is 24.5 Å². The average Bonchev–Trinajstić information content (AvgIpc) is 2.39. The molecule has 5 heteroatoms. The Hall–Kier alpha value is -1.17. The smallest absolute Gasteiger partial charge is 0.243 e. The highest BCUT2D eigenvalue weighted by atomic mass is 32.2. The summed E-state index contributed by atoms with van der Waals surface area (Å²) in [4.78, 5) is 0.384. The van der Waals surface area contributed by atoms with Gasteiger partial charge in [-0.3, -0.25) is 0 Å². The standard InChI is InChI=1S/C14H20N2O2S/c1-12-5-4-8-16(11-12)19(17,18)14-7-3-6-13(9-14)10-15-2/h3,5-7,9,15H,4,8,10-11H2,1-2H3. The van der Waals surface area contributed by atoms with Gasteiger partial charge in [0, 0.05) is 19.6 Å². The number of sulfonamides is 1. The summed E-state index contributed by atoms with van der Waals surface area (Å²) in [6.45, 7) is 3.70. The number of rotatable bonds is 4. The quantitative estimate of drug-likeness (QED) is 0.855. The van der Waals surface area contributed by atoms with E-state index in [1.807, 2.05) is 20.0 Å². The summed E-state index contributed by atoms with van der Waals surface area (Å²) in [6, 6.07) is 7.14. The number of hydrogen-bond donors (Lipinski definition) is 1. The van der Waals surface area contributed by atoms with Crippen molar-refractivity contribution in [3.8, 4) is 0 Å². The lowest BCUT2D eigenvalue weighted by Gasteiger charge is -2.25. The zero-order valence-electron chi connectivity index (χ0n) is 11.4. The van der Waals surface area contributed by atoms with Crippen LogP contribution in [-0.2, 0) is 16.6 Å².